The zero-order valence-corrected chi connectivity index (χ0v) is 11.1. The van der Waals surface area contributed by atoms with Crippen LogP contribution in [0.3, 0.4) is 0 Å². The molecule has 1 aliphatic carbocycles. The van der Waals surface area contributed by atoms with E-state index in [-0.39, 0.29) is 12.6 Å². The molecule has 0 spiro atoms. The average molecular weight is 274 g/mol. The third-order valence-electron chi connectivity index (χ3n) is 3.31. The normalized spacial score (nSPS) is 18.5. The zero-order valence-electron chi connectivity index (χ0n) is 9.63. The van der Waals surface area contributed by atoms with Crippen molar-refractivity contribution in [1.29, 1.82) is 0 Å². The quantitative estimate of drug-likeness (QED) is 0.879. The second-order valence-electron chi connectivity index (χ2n) is 4.55. The minimum absolute atomic E-state index is 0.0534. The molecular weight excluding hydrogens is 257 g/mol. The van der Waals surface area contributed by atoms with Crippen LogP contribution in [0.2, 0.25) is 10.0 Å². The molecule has 1 aromatic carbocycles. The molecular formula is C13H17Cl2NO. The maximum atomic E-state index is 9.48. The first-order valence-corrected chi connectivity index (χ1v) is 6.78. The number of hydrogen-bond acceptors (Lipinski definition) is 2. The van der Waals surface area contributed by atoms with E-state index in [0.717, 1.165) is 5.56 Å². The fourth-order valence-electron chi connectivity index (χ4n) is 2.40. The summed E-state index contributed by atoms with van der Waals surface area (Å²) in [6.45, 7) is 0.0534. The Morgan fingerprint density at radius 3 is 2.59 bits per heavy atom. The van der Waals surface area contributed by atoms with Crippen LogP contribution < -0.4 is 5.32 Å². The van der Waals surface area contributed by atoms with Gasteiger partial charge in [0.15, 0.2) is 0 Å². The number of nitrogens with one attached hydrogen (secondary N) is 1. The molecule has 1 unspecified atom stereocenters. The Balaban J connectivity index is 2.10. The van der Waals surface area contributed by atoms with E-state index in [1.807, 2.05) is 12.1 Å². The largest absolute Gasteiger partial charge is 0.394 e. The molecule has 0 heterocycles. The predicted molar refractivity (Wildman–Crippen MR) is 71.7 cm³/mol. The van der Waals surface area contributed by atoms with Crippen molar-refractivity contribution in [3.05, 3.63) is 33.8 Å². The summed E-state index contributed by atoms with van der Waals surface area (Å²) in [5.74, 6) is 0. The van der Waals surface area contributed by atoms with E-state index in [0.29, 0.717) is 16.1 Å². The third-order valence-corrected chi connectivity index (χ3v) is 3.87. The van der Waals surface area contributed by atoms with E-state index in [1.165, 1.54) is 25.7 Å². The summed E-state index contributed by atoms with van der Waals surface area (Å²) in [6, 6.07) is 5.81. The van der Waals surface area contributed by atoms with Crippen LogP contribution in [0.4, 0.5) is 0 Å². The Hall–Kier alpha value is -0.280. The number of aliphatic hydroxyl groups is 1. The van der Waals surface area contributed by atoms with E-state index < -0.39 is 0 Å². The molecule has 1 atom stereocenters. The highest BCUT2D eigenvalue weighted by molar-refractivity contribution is 6.35. The molecule has 1 aliphatic rings. The Bertz CT molecular complexity index is 378. The van der Waals surface area contributed by atoms with Crippen molar-refractivity contribution in [2.75, 3.05) is 6.61 Å². The Kier molecular flexibility index (Phi) is 4.69. The van der Waals surface area contributed by atoms with Crippen molar-refractivity contribution in [3.8, 4) is 0 Å². The highest BCUT2D eigenvalue weighted by Gasteiger charge is 2.21. The minimum Gasteiger partial charge on any atom is -0.394 e. The van der Waals surface area contributed by atoms with Crippen molar-refractivity contribution < 1.29 is 5.11 Å². The number of aliphatic hydroxyl groups excluding tert-OH is 1. The molecule has 1 aromatic rings. The number of halogens is 2. The lowest BCUT2D eigenvalue weighted by Crippen LogP contribution is -2.32. The zero-order chi connectivity index (χ0) is 12.3. The molecule has 0 aromatic heterocycles. The summed E-state index contributed by atoms with van der Waals surface area (Å²) in [5.41, 5.74) is 0.922. The van der Waals surface area contributed by atoms with Gasteiger partial charge < -0.3 is 10.4 Å². The van der Waals surface area contributed by atoms with E-state index in [1.54, 1.807) is 6.07 Å². The van der Waals surface area contributed by atoms with Crippen molar-refractivity contribution >= 4 is 23.2 Å². The Labute approximate surface area is 112 Å². The van der Waals surface area contributed by atoms with Gasteiger partial charge in [0.2, 0.25) is 0 Å². The summed E-state index contributed by atoms with van der Waals surface area (Å²) in [7, 11) is 0. The van der Waals surface area contributed by atoms with E-state index in [2.05, 4.69) is 5.32 Å². The van der Waals surface area contributed by atoms with Crippen LogP contribution in [0.15, 0.2) is 18.2 Å². The number of rotatable bonds is 4. The van der Waals surface area contributed by atoms with Crippen LogP contribution in [0.25, 0.3) is 0 Å². The van der Waals surface area contributed by atoms with Crippen LogP contribution in [0, 0.1) is 0 Å². The van der Waals surface area contributed by atoms with Crippen LogP contribution >= 0.6 is 23.2 Å². The Morgan fingerprint density at radius 1 is 1.29 bits per heavy atom. The lowest BCUT2D eigenvalue weighted by molar-refractivity contribution is 0.233. The molecule has 94 valence electrons. The van der Waals surface area contributed by atoms with Gasteiger partial charge in [0, 0.05) is 16.1 Å². The van der Waals surface area contributed by atoms with Gasteiger partial charge >= 0.3 is 0 Å². The highest BCUT2D eigenvalue weighted by atomic mass is 35.5. The van der Waals surface area contributed by atoms with Gasteiger partial charge in [-0.05, 0) is 30.5 Å². The van der Waals surface area contributed by atoms with Crippen LogP contribution in [0.5, 0.6) is 0 Å². The molecule has 17 heavy (non-hydrogen) atoms. The van der Waals surface area contributed by atoms with Gasteiger partial charge in [-0.2, -0.15) is 0 Å². The van der Waals surface area contributed by atoms with E-state index in [4.69, 9.17) is 23.2 Å². The number of benzene rings is 1. The summed E-state index contributed by atoms with van der Waals surface area (Å²) >= 11 is 12.0. The highest BCUT2D eigenvalue weighted by Crippen LogP contribution is 2.28. The molecule has 4 heteroatoms. The molecule has 1 saturated carbocycles. The van der Waals surface area contributed by atoms with Gasteiger partial charge in [-0.1, -0.05) is 42.1 Å². The first-order chi connectivity index (χ1) is 8.20. The number of hydrogen-bond donors (Lipinski definition) is 2. The van der Waals surface area contributed by atoms with Gasteiger partial charge in [0.1, 0.15) is 0 Å². The molecule has 0 radical (unpaired) electrons. The maximum Gasteiger partial charge on any atom is 0.0627 e. The standard InChI is InChI=1S/C13H17Cl2NO/c14-9-5-6-11(12(15)7-9)13(8-17)16-10-3-1-2-4-10/h5-7,10,13,16-17H,1-4,8H2. The smallest absolute Gasteiger partial charge is 0.0627 e. The van der Waals surface area contributed by atoms with E-state index >= 15 is 0 Å². The third kappa shape index (κ3) is 3.35. The molecule has 2 rings (SSSR count). The van der Waals surface area contributed by atoms with Crippen molar-refractivity contribution in [3.63, 3.8) is 0 Å². The summed E-state index contributed by atoms with van der Waals surface area (Å²) in [4.78, 5) is 0. The second kappa shape index (κ2) is 6.05. The molecule has 0 amide bonds. The second-order valence-corrected chi connectivity index (χ2v) is 5.39. The molecule has 0 aliphatic heterocycles. The topological polar surface area (TPSA) is 32.3 Å². The maximum absolute atomic E-state index is 9.48. The van der Waals surface area contributed by atoms with Gasteiger partial charge in [-0.25, -0.2) is 0 Å². The molecule has 2 N–H and O–H groups in total. The molecule has 1 fully saturated rings. The summed E-state index contributed by atoms with van der Waals surface area (Å²) in [6.07, 6.45) is 4.90. The fourth-order valence-corrected chi connectivity index (χ4v) is 2.94. The van der Waals surface area contributed by atoms with E-state index in [9.17, 15) is 5.11 Å². The fraction of sp³-hybridized carbons (Fsp3) is 0.538. The van der Waals surface area contributed by atoms with Crippen molar-refractivity contribution in [2.24, 2.45) is 0 Å². The first-order valence-electron chi connectivity index (χ1n) is 6.02. The van der Waals surface area contributed by atoms with Crippen LogP contribution in [-0.4, -0.2) is 17.8 Å². The Morgan fingerprint density at radius 2 is 2.00 bits per heavy atom. The van der Waals surface area contributed by atoms with Gasteiger partial charge in [0.25, 0.3) is 0 Å². The average Bonchev–Trinajstić information content (AvgIpc) is 2.79. The van der Waals surface area contributed by atoms with Gasteiger partial charge in [-0.15, -0.1) is 0 Å². The van der Waals surface area contributed by atoms with Crippen LogP contribution in [-0.2, 0) is 0 Å². The minimum atomic E-state index is -0.0946. The summed E-state index contributed by atoms with van der Waals surface area (Å²) in [5, 5.41) is 14.2. The van der Waals surface area contributed by atoms with Crippen molar-refractivity contribution in [2.45, 2.75) is 37.8 Å². The lowest BCUT2D eigenvalue weighted by atomic mass is 10.1. The molecule has 2 nitrogen and oxygen atoms in total. The lowest BCUT2D eigenvalue weighted by Gasteiger charge is -2.22. The van der Waals surface area contributed by atoms with Gasteiger partial charge in [0.05, 0.1) is 12.6 Å². The molecule has 0 saturated heterocycles. The van der Waals surface area contributed by atoms with Gasteiger partial charge in [-0.3, -0.25) is 0 Å². The summed E-state index contributed by atoms with van der Waals surface area (Å²) < 4.78 is 0. The van der Waals surface area contributed by atoms with Crippen molar-refractivity contribution in [1.82, 2.24) is 5.32 Å². The monoisotopic (exact) mass is 273 g/mol. The predicted octanol–water partition coefficient (Wildman–Crippen LogP) is 3.56. The molecule has 0 bridgehead atoms. The van der Waals surface area contributed by atoms with Crippen LogP contribution in [0.1, 0.15) is 37.3 Å². The first kappa shape index (κ1) is 13.2. The SMILES string of the molecule is OCC(NC1CCCC1)c1ccc(Cl)cc1Cl.